The molecule has 1 fully saturated rings. The molecule has 0 aromatic carbocycles. The summed E-state index contributed by atoms with van der Waals surface area (Å²) in [4.78, 5) is 27.2. The van der Waals surface area contributed by atoms with Crippen LogP contribution < -0.4 is 11.1 Å². The van der Waals surface area contributed by atoms with Crippen molar-refractivity contribution in [2.24, 2.45) is 11.7 Å². The largest absolute Gasteiger partial charge is 0.369 e. The van der Waals surface area contributed by atoms with Gasteiger partial charge in [-0.15, -0.1) is 0 Å². The highest BCUT2D eigenvalue weighted by Crippen LogP contribution is 2.24. The lowest BCUT2D eigenvalue weighted by atomic mass is 9.84. The van der Waals surface area contributed by atoms with Crippen molar-refractivity contribution in [1.82, 2.24) is 10.3 Å². The number of carbonyl (C=O) groups is 2. The molecule has 3 N–H and O–H groups in total. The van der Waals surface area contributed by atoms with Crippen LogP contribution in [0.1, 0.15) is 36.0 Å². The third-order valence-corrected chi connectivity index (χ3v) is 3.37. The molecule has 1 saturated carbocycles. The van der Waals surface area contributed by atoms with Crippen LogP contribution in [-0.2, 0) is 4.79 Å². The fourth-order valence-electron chi connectivity index (χ4n) is 2.39. The minimum absolute atomic E-state index is 0.149. The Morgan fingerprint density at radius 2 is 2.11 bits per heavy atom. The predicted molar refractivity (Wildman–Crippen MR) is 66.6 cm³/mol. The van der Waals surface area contributed by atoms with Gasteiger partial charge in [0.2, 0.25) is 5.91 Å². The molecular weight excluding hydrogens is 230 g/mol. The first kappa shape index (κ1) is 12.5. The number of hydrogen-bond donors (Lipinski definition) is 2. The lowest BCUT2D eigenvalue weighted by Gasteiger charge is -2.29. The van der Waals surface area contributed by atoms with Gasteiger partial charge in [-0.2, -0.15) is 0 Å². The highest BCUT2D eigenvalue weighted by molar-refractivity contribution is 5.94. The Balaban J connectivity index is 2.03. The molecule has 2 atom stereocenters. The fourth-order valence-corrected chi connectivity index (χ4v) is 2.39. The van der Waals surface area contributed by atoms with Crippen LogP contribution in [0.5, 0.6) is 0 Å². The van der Waals surface area contributed by atoms with Crippen molar-refractivity contribution in [1.29, 1.82) is 0 Å². The van der Waals surface area contributed by atoms with E-state index in [4.69, 9.17) is 5.73 Å². The molecule has 18 heavy (non-hydrogen) atoms. The predicted octanol–water partition coefficient (Wildman–Crippen LogP) is 0.855. The summed E-state index contributed by atoms with van der Waals surface area (Å²) in [6.45, 7) is 0. The molecule has 1 aliphatic rings. The molecule has 5 heteroatoms. The van der Waals surface area contributed by atoms with Crippen LogP contribution in [0.4, 0.5) is 0 Å². The molecule has 5 nitrogen and oxygen atoms in total. The van der Waals surface area contributed by atoms with Gasteiger partial charge in [-0.1, -0.05) is 12.8 Å². The van der Waals surface area contributed by atoms with Gasteiger partial charge < -0.3 is 11.1 Å². The minimum atomic E-state index is -0.328. The molecule has 0 aliphatic heterocycles. The second kappa shape index (κ2) is 5.62. The molecule has 1 aromatic heterocycles. The number of primary amides is 1. The zero-order valence-electron chi connectivity index (χ0n) is 10.1. The van der Waals surface area contributed by atoms with Gasteiger partial charge >= 0.3 is 0 Å². The molecule has 2 rings (SSSR count). The Morgan fingerprint density at radius 3 is 2.78 bits per heavy atom. The quantitative estimate of drug-likeness (QED) is 0.830. The van der Waals surface area contributed by atoms with Crippen LogP contribution in [0.3, 0.4) is 0 Å². The second-order valence-corrected chi connectivity index (χ2v) is 4.61. The third-order valence-electron chi connectivity index (χ3n) is 3.37. The van der Waals surface area contributed by atoms with E-state index in [0.717, 1.165) is 25.7 Å². The van der Waals surface area contributed by atoms with Crippen LogP contribution >= 0.6 is 0 Å². The van der Waals surface area contributed by atoms with Crippen LogP contribution in [0.15, 0.2) is 24.5 Å². The van der Waals surface area contributed by atoms with Gasteiger partial charge in [-0.05, 0) is 25.0 Å². The molecular formula is C13H17N3O2. The van der Waals surface area contributed by atoms with E-state index in [1.54, 1.807) is 18.3 Å². The molecule has 96 valence electrons. The molecule has 0 radical (unpaired) electrons. The number of carbonyl (C=O) groups excluding carboxylic acids is 2. The maximum atomic E-state index is 12.0. The molecule has 1 heterocycles. The number of nitrogens with two attached hydrogens (primary N) is 1. The number of hydrogen-bond acceptors (Lipinski definition) is 3. The molecule has 0 saturated heterocycles. The SMILES string of the molecule is NC(=O)C1CCCCC1NC(=O)c1cccnc1. The Hall–Kier alpha value is -1.91. The van der Waals surface area contributed by atoms with Gasteiger partial charge in [-0.25, -0.2) is 0 Å². The van der Waals surface area contributed by atoms with Crippen molar-refractivity contribution in [2.75, 3.05) is 0 Å². The Morgan fingerprint density at radius 1 is 1.33 bits per heavy atom. The van der Waals surface area contributed by atoms with Crippen LogP contribution in [0.2, 0.25) is 0 Å². The summed E-state index contributed by atoms with van der Waals surface area (Å²) in [6, 6.07) is 3.26. The second-order valence-electron chi connectivity index (χ2n) is 4.61. The van der Waals surface area contributed by atoms with Gasteiger partial charge in [-0.3, -0.25) is 14.6 Å². The van der Waals surface area contributed by atoms with Crippen LogP contribution in [0, 0.1) is 5.92 Å². The topological polar surface area (TPSA) is 85.1 Å². The molecule has 1 aliphatic carbocycles. The zero-order chi connectivity index (χ0) is 13.0. The lowest BCUT2D eigenvalue weighted by molar-refractivity contribution is -0.123. The number of amides is 2. The van der Waals surface area contributed by atoms with E-state index >= 15 is 0 Å². The summed E-state index contributed by atoms with van der Waals surface area (Å²) < 4.78 is 0. The van der Waals surface area contributed by atoms with Crippen molar-refractivity contribution in [2.45, 2.75) is 31.7 Å². The van der Waals surface area contributed by atoms with Crippen LogP contribution in [-0.4, -0.2) is 22.8 Å². The first-order valence-corrected chi connectivity index (χ1v) is 6.18. The zero-order valence-corrected chi connectivity index (χ0v) is 10.1. The third kappa shape index (κ3) is 2.85. The number of aromatic nitrogens is 1. The summed E-state index contributed by atoms with van der Waals surface area (Å²) in [6.07, 6.45) is 6.70. The van der Waals surface area contributed by atoms with E-state index < -0.39 is 0 Å². The fraction of sp³-hybridized carbons (Fsp3) is 0.462. The summed E-state index contributed by atoms with van der Waals surface area (Å²) >= 11 is 0. The van der Waals surface area contributed by atoms with Crippen molar-refractivity contribution in [3.63, 3.8) is 0 Å². The standard InChI is InChI=1S/C13H17N3O2/c14-12(17)10-5-1-2-6-11(10)16-13(18)9-4-3-7-15-8-9/h3-4,7-8,10-11H,1-2,5-6H2,(H2,14,17)(H,16,18). The number of rotatable bonds is 3. The smallest absolute Gasteiger partial charge is 0.253 e. The first-order chi connectivity index (χ1) is 8.68. The highest BCUT2D eigenvalue weighted by atomic mass is 16.2. The van der Waals surface area contributed by atoms with Gasteiger partial charge in [0.1, 0.15) is 0 Å². The van der Waals surface area contributed by atoms with Gasteiger partial charge in [0.05, 0.1) is 11.5 Å². The Labute approximate surface area is 106 Å². The molecule has 2 unspecified atom stereocenters. The van der Waals surface area contributed by atoms with E-state index in [1.165, 1.54) is 6.20 Å². The lowest BCUT2D eigenvalue weighted by Crippen LogP contribution is -2.47. The maximum absolute atomic E-state index is 12.0. The normalized spacial score (nSPS) is 23.3. The molecule has 0 bridgehead atoms. The number of nitrogens with zero attached hydrogens (tertiary/aromatic N) is 1. The summed E-state index contributed by atoms with van der Waals surface area (Å²) in [5.74, 6) is -0.771. The van der Waals surface area contributed by atoms with E-state index in [1.807, 2.05) is 0 Å². The van der Waals surface area contributed by atoms with Crippen molar-refractivity contribution in [3.05, 3.63) is 30.1 Å². The highest BCUT2D eigenvalue weighted by Gasteiger charge is 2.30. The van der Waals surface area contributed by atoms with E-state index in [0.29, 0.717) is 5.56 Å². The van der Waals surface area contributed by atoms with Gasteiger partial charge in [0, 0.05) is 18.4 Å². The minimum Gasteiger partial charge on any atom is -0.369 e. The summed E-state index contributed by atoms with van der Waals surface area (Å²) in [5.41, 5.74) is 5.88. The average Bonchev–Trinajstić information content (AvgIpc) is 2.40. The molecule has 1 aromatic rings. The van der Waals surface area contributed by atoms with Crippen molar-refractivity contribution in [3.8, 4) is 0 Å². The van der Waals surface area contributed by atoms with Crippen molar-refractivity contribution < 1.29 is 9.59 Å². The molecule has 2 amide bonds. The number of nitrogens with one attached hydrogen (secondary N) is 1. The number of pyridine rings is 1. The van der Waals surface area contributed by atoms with E-state index in [2.05, 4.69) is 10.3 Å². The monoisotopic (exact) mass is 247 g/mol. The maximum Gasteiger partial charge on any atom is 0.253 e. The average molecular weight is 247 g/mol. The summed E-state index contributed by atoms with van der Waals surface area (Å²) in [7, 11) is 0. The van der Waals surface area contributed by atoms with Gasteiger partial charge in [0.15, 0.2) is 0 Å². The molecule has 0 spiro atoms. The van der Waals surface area contributed by atoms with E-state index in [-0.39, 0.29) is 23.8 Å². The Kier molecular flexibility index (Phi) is 3.92. The van der Waals surface area contributed by atoms with E-state index in [9.17, 15) is 9.59 Å². The van der Waals surface area contributed by atoms with Crippen LogP contribution in [0.25, 0.3) is 0 Å². The summed E-state index contributed by atoms with van der Waals surface area (Å²) in [5, 5.41) is 2.89. The first-order valence-electron chi connectivity index (χ1n) is 6.18. The van der Waals surface area contributed by atoms with Gasteiger partial charge in [0.25, 0.3) is 5.91 Å². The Bertz CT molecular complexity index is 433. The van der Waals surface area contributed by atoms with Crippen molar-refractivity contribution >= 4 is 11.8 Å².